The second-order valence-electron chi connectivity index (χ2n) is 6.12. The maximum atomic E-state index is 12.0. The summed E-state index contributed by atoms with van der Waals surface area (Å²) in [5.41, 5.74) is 1.76. The number of nitrogens with one attached hydrogen (secondary N) is 2. The Bertz CT molecular complexity index is 745. The number of benzene rings is 2. The van der Waals surface area contributed by atoms with Crippen LogP contribution in [0.15, 0.2) is 53.0 Å². The van der Waals surface area contributed by atoms with Crippen LogP contribution in [0.1, 0.15) is 35.7 Å². The van der Waals surface area contributed by atoms with Crippen LogP contribution < -0.4 is 15.4 Å². The largest absolute Gasteiger partial charge is 0.492 e. The lowest BCUT2D eigenvalue weighted by Gasteiger charge is -2.10. The van der Waals surface area contributed by atoms with E-state index in [-0.39, 0.29) is 18.4 Å². The fourth-order valence-electron chi connectivity index (χ4n) is 2.26. The van der Waals surface area contributed by atoms with E-state index in [0.29, 0.717) is 24.6 Å². The van der Waals surface area contributed by atoms with Gasteiger partial charge in [0.2, 0.25) is 5.91 Å². The van der Waals surface area contributed by atoms with Crippen molar-refractivity contribution in [3.05, 3.63) is 64.1 Å². The molecule has 0 spiro atoms. The highest BCUT2D eigenvalue weighted by Crippen LogP contribution is 2.18. The molecule has 0 saturated heterocycles. The van der Waals surface area contributed by atoms with Crippen molar-refractivity contribution in [3.63, 3.8) is 0 Å². The van der Waals surface area contributed by atoms with Gasteiger partial charge in [-0.2, -0.15) is 0 Å². The summed E-state index contributed by atoms with van der Waals surface area (Å²) in [7, 11) is 0. The van der Waals surface area contributed by atoms with E-state index in [4.69, 9.17) is 4.74 Å². The highest BCUT2D eigenvalue weighted by Gasteiger charge is 2.08. The molecule has 2 rings (SSSR count). The van der Waals surface area contributed by atoms with Gasteiger partial charge in [-0.3, -0.25) is 9.59 Å². The van der Waals surface area contributed by atoms with Crippen molar-refractivity contribution in [2.45, 2.75) is 19.8 Å². The van der Waals surface area contributed by atoms with Crippen LogP contribution in [0.25, 0.3) is 0 Å². The Morgan fingerprint density at radius 1 is 1.08 bits per heavy atom. The smallest absolute Gasteiger partial charge is 0.251 e. The van der Waals surface area contributed by atoms with E-state index in [1.54, 1.807) is 18.2 Å². The summed E-state index contributed by atoms with van der Waals surface area (Å²) < 4.78 is 6.41. The summed E-state index contributed by atoms with van der Waals surface area (Å²) in [6.07, 6.45) is 0. The van der Waals surface area contributed by atoms with Crippen LogP contribution in [0, 0.1) is 0 Å². The van der Waals surface area contributed by atoms with Crippen LogP contribution in [0.3, 0.4) is 0 Å². The Morgan fingerprint density at radius 2 is 1.81 bits per heavy atom. The molecule has 0 radical (unpaired) electrons. The first-order valence-electron chi connectivity index (χ1n) is 8.49. The van der Waals surface area contributed by atoms with Crippen molar-refractivity contribution < 1.29 is 14.3 Å². The van der Waals surface area contributed by atoms with Crippen LogP contribution in [0.2, 0.25) is 0 Å². The maximum Gasteiger partial charge on any atom is 0.251 e. The minimum Gasteiger partial charge on any atom is -0.492 e. The minimum absolute atomic E-state index is 0.0750. The monoisotopic (exact) mass is 418 g/mol. The van der Waals surface area contributed by atoms with E-state index in [2.05, 4.69) is 40.4 Å². The second-order valence-corrected chi connectivity index (χ2v) is 7.03. The Labute approximate surface area is 162 Å². The number of rotatable bonds is 8. The number of ether oxygens (including phenoxy) is 1. The van der Waals surface area contributed by atoms with Crippen molar-refractivity contribution in [2.24, 2.45) is 0 Å². The number of carbonyl (C=O) groups excluding carboxylic acids is 2. The molecule has 0 aromatic heterocycles. The van der Waals surface area contributed by atoms with Crippen LogP contribution in [0.4, 0.5) is 0 Å². The zero-order valence-corrected chi connectivity index (χ0v) is 16.5. The van der Waals surface area contributed by atoms with Gasteiger partial charge >= 0.3 is 0 Å². The molecule has 2 N–H and O–H groups in total. The second kappa shape index (κ2) is 9.97. The van der Waals surface area contributed by atoms with E-state index < -0.39 is 0 Å². The Balaban J connectivity index is 1.65. The van der Waals surface area contributed by atoms with Gasteiger partial charge in [0, 0.05) is 10.0 Å². The van der Waals surface area contributed by atoms with Gasteiger partial charge in [0.25, 0.3) is 5.91 Å². The summed E-state index contributed by atoms with van der Waals surface area (Å²) in [6.45, 7) is 4.94. The summed E-state index contributed by atoms with van der Waals surface area (Å²) >= 11 is 3.31. The molecule has 0 bridgehead atoms. The summed E-state index contributed by atoms with van der Waals surface area (Å²) in [5, 5.41) is 5.30. The first-order valence-corrected chi connectivity index (χ1v) is 9.28. The summed E-state index contributed by atoms with van der Waals surface area (Å²) in [6, 6.07) is 14.9. The molecule has 6 heteroatoms. The lowest BCUT2D eigenvalue weighted by atomic mass is 10.0. The molecule has 138 valence electrons. The van der Waals surface area contributed by atoms with Crippen LogP contribution in [-0.4, -0.2) is 31.5 Å². The van der Waals surface area contributed by atoms with Gasteiger partial charge in [-0.1, -0.05) is 48.0 Å². The molecule has 5 nitrogen and oxygen atoms in total. The van der Waals surface area contributed by atoms with Gasteiger partial charge in [0.15, 0.2) is 0 Å². The number of amides is 2. The molecule has 0 heterocycles. The lowest BCUT2D eigenvalue weighted by Crippen LogP contribution is -2.38. The van der Waals surface area contributed by atoms with Crippen molar-refractivity contribution in [2.75, 3.05) is 19.7 Å². The Kier molecular flexibility index (Phi) is 7.66. The molecule has 2 aromatic rings. The number of hydrogen-bond acceptors (Lipinski definition) is 3. The molecule has 2 amide bonds. The zero-order chi connectivity index (χ0) is 18.9. The lowest BCUT2D eigenvalue weighted by molar-refractivity contribution is -0.120. The molecule has 0 aliphatic carbocycles. The van der Waals surface area contributed by atoms with E-state index in [9.17, 15) is 9.59 Å². The fourth-order valence-corrected chi connectivity index (χ4v) is 2.66. The van der Waals surface area contributed by atoms with Crippen LogP contribution in [-0.2, 0) is 4.79 Å². The van der Waals surface area contributed by atoms with Crippen LogP contribution in [0.5, 0.6) is 5.75 Å². The van der Waals surface area contributed by atoms with Gasteiger partial charge in [-0.25, -0.2) is 0 Å². The van der Waals surface area contributed by atoms with E-state index >= 15 is 0 Å². The van der Waals surface area contributed by atoms with Gasteiger partial charge in [0.05, 0.1) is 13.1 Å². The summed E-state index contributed by atoms with van der Waals surface area (Å²) in [5.74, 6) is 0.706. The van der Waals surface area contributed by atoms with Gasteiger partial charge in [0.1, 0.15) is 12.4 Å². The highest BCUT2D eigenvalue weighted by molar-refractivity contribution is 9.10. The average molecular weight is 419 g/mol. The van der Waals surface area contributed by atoms with E-state index in [1.165, 1.54) is 5.56 Å². The third kappa shape index (κ3) is 6.52. The molecular weight excluding hydrogens is 396 g/mol. The molecule has 0 saturated carbocycles. The third-order valence-corrected chi connectivity index (χ3v) is 4.23. The van der Waals surface area contributed by atoms with Gasteiger partial charge in [-0.15, -0.1) is 0 Å². The predicted octanol–water partition coefficient (Wildman–Crippen LogP) is 3.50. The normalized spacial score (nSPS) is 10.5. The van der Waals surface area contributed by atoms with Crippen LogP contribution >= 0.6 is 15.9 Å². The molecular formula is C20H23BrN2O3. The number of hydrogen-bond donors (Lipinski definition) is 2. The molecule has 0 aliphatic heterocycles. The maximum absolute atomic E-state index is 12.0. The molecule has 2 aromatic carbocycles. The van der Waals surface area contributed by atoms with Crippen molar-refractivity contribution in [1.29, 1.82) is 0 Å². The molecule has 0 unspecified atom stereocenters. The van der Waals surface area contributed by atoms with Crippen molar-refractivity contribution >= 4 is 27.7 Å². The first kappa shape index (κ1) is 20.0. The predicted molar refractivity (Wildman–Crippen MR) is 106 cm³/mol. The molecule has 26 heavy (non-hydrogen) atoms. The third-order valence-electron chi connectivity index (χ3n) is 3.74. The standard InChI is InChI=1S/C20H23BrN2O3/c1-14(2)15-6-8-18(9-7-15)26-11-10-22-19(24)13-23-20(25)16-4-3-5-17(21)12-16/h3-9,12,14H,10-11,13H2,1-2H3,(H,22,24)(H,23,25). The highest BCUT2D eigenvalue weighted by atomic mass is 79.9. The number of carbonyl (C=O) groups is 2. The average Bonchev–Trinajstić information content (AvgIpc) is 2.63. The SMILES string of the molecule is CC(C)c1ccc(OCCNC(=O)CNC(=O)c2cccc(Br)c2)cc1. The molecule has 0 aliphatic rings. The van der Waals surface area contributed by atoms with Crippen molar-refractivity contribution in [1.82, 2.24) is 10.6 Å². The van der Waals surface area contributed by atoms with Gasteiger partial charge in [-0.05, 0) is 41.8 Å². The Morgan fingerprint density at radius 3 is 2.46 bits per heavy atom. The minimum atomic E-state index is -0.289. The quantitative estimate of drug-likeness (QED) is 0.644. The summed E-state index contributed by atoms with van der Waals surface area (Å²) in [4.78, 5) is 23.7. The topological polar surface area (TPSA) is 67.4 Å². The van der Waals surface area contributed by atoms with E-state index in [0.717, 1.165) is 10.2 Å². The molecule has 0 atom stereocenters. The van der Waals surface area contributed by atoms with Gasteiger partial charge < -0.3 is 15.4 Å². The molecule has 0 fully saturated rings. The van der Waals surface area contributed by atoms with E-state index in [1.807, 2.05) is 30.3 Å². The first-order chi connectivity index (χ1) is 12.5. The number of halogens is 1. The fraction of sp³-hybridized carbons (Fsp3) is 0.300. The Hall–Kier alpha value is -2.34. The van der Waals surface area contributed by atoms with Crippen molar-refractivity contribution in [3.8, 4) is 5.75 Å². The zero-order valence-electron chi connectivity index (χ0n) is 14.9.